The van der Waals surface area contributed by atoms with Gasteiger partial charge in [-0.05, 0) is 49.4 Å². The van der Waals surface area contributed by atoms with Gasteiger partial charge < -0.3 is 15.5 Å². The van der Waals surface area contributed by atoms with Crippen molar-refractivity contribution in [2.24, 2.45) is 0 Å². The van der Waals surface area contributed by atoms with Crippen molar-refractivity contribution >= 4 is 23.2 Å². The van der Waals surface area contributed by atoms with E-state index in [-0.39, 0.29) is 23.0 Å². The molecule has 1 saturated heterocycles. The van der Waals surface area contributed by atoms with Crippen molar-refractivity contribution < 1.29 is 13.6 Å². The van der Waals surface area contributed by atoms with E-state index >= 15 is 0 Å². The third kappa shape index (κ3) is 4.09. The molecule has 10 heteroatoms. The molecule has 1 fully saturated rings. The number of nitrogens with zero attached hydrogens (tertiary/aromatic N) is 4. The summed E-state index contributed by atoms with van der Waals surface area (Å²) in [5.41, 5.74) is 0.804. The Morgan fingerprint density at radius 2 is 2.16 bits per heavy atom. The third-order valence-electron chi connectivity index (χ3n) is 5.13. The van der Waals surface area contributed by atoms with Crippen LogP contribution in [0.25, 0.3) is 5.65 Å². The second-order valence-electron chi connectivity index (χ2n) is 7.12. The van der Waals surface area contributed by atoms with Crippen molar-refractivity contribution in [2.75, 3.05) is 18.5 Å². The summed E-state index contributed by atoms with van der Waals surface area (Å²) in [6, 6.07) is 4.83. The fraction of sp³-hybridized carbons (Fsp3) is 0.238. The molecule has 1 aromatic carbocycles. The van der Waals surface area contributed by atoms with Gasteiger partial charge in [0, 0.05) is 25.4 Å². The monoisotopic (exact) mass is 425 g/mol. The van der Waals surface area contributed by atoms with Crippen LogP contribution in [0.3, 0.4) is 0 Å². The average Bonchev–Trinajstić information content (AvgIpc) is 3.40. The topological polar surface area (TPSA) is 98.4 Å². The van der Waals surface area contributed by atoms with Gasteiger partial charge in [-0.2, -0.15) is 5.10 Å². The minimum Gasteiger partial charge on any atom is -0.394 e. The summed E-state index contributed by atoms with van der Waals surface area (Å²) in [5.74, 6) is -1.01. The van der Waals surface area contributed by atoms with Crippen LogP contribution in [0.5, 0.6) is 0 Å². The summed E-state index contributed by atoms with van der Waals surface area (Å²) in [6.45, 7) is 0.624. The molecule has 0 bridgehead atoms. The highest BCUT2D eigenvalue weighted by Gasteiger charge is 2.30. The molecule has 31 heavy (non-hydrogen) atoms. The SMILES string of the molecule is CN/C=C\C(=N)NC(=O)c1cnn2ccc(N3CCC[C@@H]3c3cc(F)ccc3F)nc12. The third-order valence-corrected chi connectivity index (χ3v) is 5.13. The summed E-state index contributed by atoms with van der Waals surface area (Å²) >= 11 is 0. The minimum atomic E-state index is -0.514. The maximum Gasteiger partial charge on any atom is 0.262 e. The lowest BCUT2D eigenvalue weighted by Crippen LogP contribution is -2.29. The van der Waals surface area contributed by atoms with Gasteiger partial charge in [0.2, 0.25) is 0 Å². The second kappa shape index (κ2) is 8.50. The highest BCUT2D eigenvalue weighted by atomic mass is 19.1. The number of aromatic nitrogens is 3. The van der Waals surface area contributed by atoms with E-state index in [2.05, 4.69) is 20.7 Å². The Balaban J connectivity index is 1.65. The fourth-order valence-corrected chi connectivity index (χ4v) is 3.71. The summed E-state index contributed by atoms with van der Waals surface area (Å²) in [4.78, 5) is 19.1. The number of fused-ring (bicyclic) bond motifs is 1. The number of carbonyl (C=O) groups is 1. The van der Waals surface area contributed by atoms with Gasteiger partial charge in [-0.25, -0.2) is 18.3 Å². The Hall–Kier alpha value is -3.82. The largest absolute Gasteiger partial charge is 0.394 e. The van der Waals surface area contributed by atoms with Gasteiger partial charge in [-0.1, -0.05) is 0 Å². The van der Waals surface area contributed by atoms with Crippen LogP contribution < -0.4 is 15.5 Å². The van der Waals surface area contributed by atoms with Crippen LogP contribution in [0.15, 0.2) is 48.9 Å². The normalized spacial score (nSPS) is 16.2. The van der Waals surface area contributed by atoms with Crippen molar-refractivity contribution in [3.63, 3.8) is 0 Å². The van der Waals surface area contributed by atoms with Crippen molar-refractivity contribution in [1.29, 1.82) is 5.41 Å². The number of benzene rings is 1. The highest BCUT2D eigenvalue weighted by molar-refractivity contribution is 6.11. The molecule has 160 valence electrons. The zero-order valence-electron chi connectivity index (χ0n) is 16.8. The van der Waals surface area contributed by atoms with Gasteiger partial charge in [-0.3, -0.25) is 10.2 Å². The first-order chi connectivity index (χ1) is 15.0. The number of hydrogen-bond acceptors (Lipinski definition) is 6. The first-order valence-electron chi connectivity index (χ1n) is 9.77. The lowest BCUT2D eigenvalue weighted by Gasteiger charge is -2.26. The van der Waals surface area contributed by atoms with Crippen molar-refractivity contribution in [3.05, 3.63) is 71.7 Å². The van der Waals surface area contributed by atoms with Crippen LogP contribution >= 0.6 is 0 Å². The molecule has 4 rings (SSSR count). The summed E-state index contributed by atoms with van der Waals surface area (Å²) in [7, 11) is 1.68. The predicted octanol–water partition coefficient (Wildman–Crippen LogP) is 2.79. The summed E-state index contributed by atoms with van der Waals surface area (Å²) < 4.78 is 29.6. The van der Waals surface area contributed by atoms with Crippen LogP contribution in [0.1, 0.15) is 34.8 Å². The number of carbonyl (C=O) groups excluding carboxylic acids is 1. The van der Waals surface area contributed by atoms with Crippen LogP contribution in [-0.2, 0) is 0 Å². The Morgan fingerprint density at radius 1 is 1.32 bits per heavy atom. The molecule has 2 aromatic heterocycles. The number of amidine groups is 1. The average molecular weight is 425 g/mol. The quantitative estimate of drug-likeness (QED) is 0.431. The molecular weight excluding hydrogens is 404 g/mol. The molecule has 3 aromatic rings. The fourth-order valence-electron chi connectivity index (χ4n) is 3.71. The van der Waals surface area contributed by atoms with E-state index in [9.17, 15) is 13.6 Å². The molecule has 3 N–H and O–H groups in total. The van der Waals surface area contributed by atoms with Gasteiger partial charge in [-0.15, -0.1) is 0 Å². The molecule has 1 amide bonds. The zero-order valence-corrected chi connectivity index (χ0v) is 16.8. The summed E-state index contributed by atoms with van der Waals surface area (Å²) in [6.07, 6.45) is 7.44. The molecule has 8 nitrogen and oxygen atoms in total. The second-order valence-corrected chi connectivity index (χ2v) is 7.12. The highest BCUT2D eigenvalue weighted by Crippen LogP contribution is 2.36. The number of nitrogens with one attached hydrogen (secondary N) is 3. The smallest absolute Gasteiger partial charge is 0.262 e. The van der Waals surface area contributed by atoms with E-state index in [4.69, 9.17) is 5.41 Å². The van der Waals surface area contributed by atoms with E-state index in [1.807, 2.05) is 4.90 Å². The molecule has 0 spiro atoms. The molecule has 0 saturated carbocycles. The molecule has 1 atom stereocenters. The Labute approximate surface area is 177 Å². The molecular formula is C21H21F2N7O. The van der Waals surface area contributed by atoms with Crippen molar-refractivity contribution in [2.45, 2.75) is 18.9 Å². The first kappa shape index (κ1) is 20.5. The molecule has 1 aliphatic rings. The van der Waals surface area contributed by atoms with Crippen molar-refractivity contribution in [1.82, 2.24) is 25.2 Å². The van der Waals surface area contributed by atoms with Crippen LogP contribution in [0.4, 0.5) is 14.6 Å². The Bertz CT molecular complexity index is 1170. The molecule has 0 unspecified atom stereocenters. The Kier molecular flexibility index (Phi) is 5.61. The lowest BCUT2D eigenvalue weighted by atomic mass is 10.0. The standard InChI is InChI=1S/C21H21F2N7O/c1-25-8-6-18(24)27-21(31)15-12-26-30-10-7-19(28-20(15)30)29-9-2-3-17(29)14-11-13(22)4-5-16(14)23/h4-8,10-12,17,25H,2-3,9H2,1H3,(H2,24,27,31)/b8-6-/t17-/m1/s1. The van der Waals surface area contributed by atoms with Crippen LogP contribution in [0.2, 0.25) is 0 Å². The Morgan fingerprint density at radius 3 is 2.97 bits per heavy atom. The first-order valence-corrected chi connectivity index (χ1v) is 9.77. The van der Waals surface area contributed by atoms with E-state index in [0.717, 1.165) is 18.6 Å². The number of hydrogen-bond donors (Lipinski definition) is 3. The van der Waals surface area contributed by atoms with Crippen LogP contribution in [-0.4, -0.2) is 39.9 Å². The molecule has 3 heterocycles. The molecule has 1 aliphatic heterocycles. The van der Waals surface area contributed by atoms with Gasteiger partial charge >= 0.3 is 0 Å². The van der Waals surface area contributed by atoms with E-state index < -0.39 is 17.5 Å². The lowest BCUT2D eigenvalue weighted by molar-refractivity contribution is 0.0978. The van der Waals surface area contributed by atoms with Gasteiger partial charge in [0.1, 0.15) is 28.9 Å². The maximum atomic E-state index is 14.4. The van der Waals surface area contributed by atoms with E-state index in [0.29, 0.717) is 24.4 Å². The van der Waals surface area contributed by atoms with Crippen LogP contribution in [0, 0.1) is 17.0 Å². The maximum absolute atomic E-state index is 14.4. The van der Waals surface area contributed by atoms with E-state index in [1.54, 1.807) is 19.3 Å². The minimum absolute atomic E-state index is 0.0870. The van der Waals surface area contributed by atoms with Gasteiger partial charge in [0.25, 0.3) is 5.91 Å². The number of rotatable bonds is 5. The number of anilines is 1. The number of halogens is 2. The molecule has 0 radical (unpaired) electrons. The number of amides is 1. The van der Waals surface area contributed by atoms with Crippen molar-refractivity contribution in [3.8, 4) is 0 Å². The van der Waals surface area contributed by atoms with Gasteiger partial charge in [0.05, 0.1) is 12.2 Å². The van der Waals surface area contributed by atoms with Gasteiger partial charge in [0.15, 0.2) is 5.65 Å². The summed E-state index contributed by atoms with van der Waals surface area (Å²) in [5, 5.41) is 17.1. The molecule has 0 aliphatic carbocycles. The zero-order chi connectivity index (χ0) is 22.0. The predicted molar refractivity (Wildman–Crippen MR) is 112 cm³/mol. The van der Waals surface area contributed by atoms with E-state index in [1.165, 1.54) is 29.1 Å².